The van der Waals surface area contributed by atoms with E-state index in [-0.39, 0.29) is 12.4 Å². The van der Waals surface area contributed by atoms with Crippen LogP contribution in [0.25, 0.3) is 0 Å². The second-order valence-corrected chi connectivity index (χ2v) is 5.96. The summed E-state index contributed by atoms with van der Waals surface area (Å²) in [5.74, 6) is 0.596. The molecule has 0 aromatic rings. The molecular formula is C3H10ClNO2S2. The van der Waals surface area contributed by atoms with E-state index in [2.05, 4.69) is 5.73 Å². The molecule has 0 spiro atoms. The van der Waals surface area contributed by atoms with E-state index in [4.69, 9.17) is 0 Å². The van der Waals surface area contributed by atoms with Crippen molar-refractivity contribution in [1.82, 2.24) is 0 Å². The summed E-state index contributed by atoms with van der Waals surface area (Å²) in [5, 5.41) is 0. The van der Waals surface area contributed by atoms with Crippen LogP contribution in [-0.4, -0.2) is 27.0 Å². The molecule has 0 aliphatic heterocycles. The van der Waals surface area contributed by atoms with Gasteiger partial charge in [-0.05, 0) is 10.8 Å². The van der Waals surface area contributed by atoms with E-state index >= 15 is 0 Å². The summed E-state index contributed by atoms with van der Waals surface area (Å²) in [7, 11) is -1.87. The van der Waals surface area contributed by atoms with Gasteiger partial charge in [-0.15, -0.1) is 0 Å². The number of halogens is 1. The van der Waals surface area contributed by atoms with Crippen LogP contribution in [0.1, 0.15) is 0 Å². The van der Waals surface area contributed by atoms with Gasteiger partial charge in [0.2, 0.25) is 0 Å². The van der Waals surface area contributed by atoms with Crippen molar-refractivity contribution in [3.63, 3.8) is 0 Å². The zero-order valence-electron chi connectivity index (χ0n) is 5.13. The first-order valence-electron chi connectivity index (χ1n) is 2.20. The van der Waals surface area contributed by atoms with Gasteiger partial charge in [-0.2, -0.15) is 0 Å². The summed E-state index contributed by atoms with van der Waals surface area (Å²) in [6.45, 7) is 0.664. The smallest absolute Gasteiger partial charge is 0.198 e. The van der Waals surface area contributed by atoms with Gasteiger partial charge in [-0.25, -0.2) is 8.42 Å². The van der Waals surface area contributed by atoms with Gasteiger partial charge in [-0.3, -0.25) is 0 Å². The average molecular weight is 192 g/mol. The molecule has 0 heterocycles. The summed E-state index contributed by atoms with van der Waals surface area (Å²) >= 11 is 0. The molecule has 0 saturated heterocycles. The first-order chi connectivity index (χ1) is 3.56. The van der Waals surface area contributed by atoms with Crippen molar-refractivity contribution in [3.05, 3.63) is 0 Å². The van der Waals surface area contributed by atoms with Crippen LogP contribution in [0.2, 0.25) is 0 Å². The standard InChI is InChI=1S/C3H9NO2S2.ClH/c1-8(5,6)7-3-2-4;/h2-4H2,1H3;1H. The topological polar surface area (TPSA) is 61.8 Å². The average Bonchev–Trinajstić information content (AvgIpc) is 1.59. The minimum atomic E-state index is -2.81. The Morgan fingerprint density at radius 3 is 2.11 bits per heavy atom. The van der Waals surface area contributed by atoms with Crippen LogP contribution >= 0.6 is 10.8 Å². The van der Waals surface area contributed by atoms with Crippen LogP contribution in [0.3, 0.4) is 0 Å². The molecule has 0 aliphatic carbocycles. The third-order valence-corrected chi connectivity index (χ3v) is 3.11. The molecule has 0 radical (unpaired) electrons. The Morgan fingerprint density at radius 1 is 1.56 bits per heavy atom. The Labute approximate surface area is 65.1 Å². The van der Waals surface area contributed by atoms with E-state index in [1.54, 1.807) is 0 Å². The molecule has 58 valence electrons. The fraction of sp³-hybridized carbons (Fsp3) is 1.00. The minimum Gasteiger partial charge on any atom is -1.00 e. The van der Waals surface area contributed by atoms with Gasteiger partial charge >= 0.3 is 0 Å². The van der Waals surface area contributed by atoms with Crippen LogP contribution < -0.4 is 18.1 Å². The Morgan fingerprint density at radius 2 is 2.00 bits per heavy atom. The van der Waals surface area contributed by atoms with Gasteiger partial charge in [0.25, 0.3) is 0 Å². The summed E-state index contributed by atoms with van der Waals surface area (Å²) in [6.07, 6.45) is 1.20. The van der Waals surface area contributed by atoms with Crippen molar-refractivity contribution < 1.29 is 26.6 Å². The molecule has 0 rings (SSSR count). The zero-order valence-corrected chi connectivity index (χ0v) is 7.52. The quantitative estimate of drug-likeness (QED) is 0.462. The minimum absolute atomic E-state index is 0. The molecule has 0 aromatic carbocycles. The van der Waals surface area contributed by atoms with E-state index in [0.717, 1.165) is 10.8 Å². The summed E-state index contributed by atoms with van der Waals surface area (Å²) < 4.78 is 20.7. The van der Waals surface area contributed by atoms with Crippen molar-refractivity contribution in [2.45, 2.75) is 0 Å². The highest BCUT2D eigenvalue weighted by Crippen LogP contribution is 2.06. The third kappa shape index (κ3) is 11.9. The first kappa shape index (κ1) is 12.2. The van der Waals surface area contributed by atoms with Crippen molar-refractivity contribution in [2.24, 2.45) is 0 Å². The van der Waals surface area contributed by atoms with Crippen LogP contribution in [0, 0.1) is 0 Å². The monoisotopic (exact) mass is 191 g/mol. The maximum atomic E-state index is 10.3. The molecule has 3 N–H and O–H groups in total. The fourth-order valence-electron chi connectivity index (χ4n) is 0.210. The molecule has 0 aromatic heterocycles. The molecule has 6 heteroatoms. The Hall–Kier alpha value is 0.550. The normalized spacial score (nSPS) is 10.4. The predicted octanol–water partition coefficient (Wildman–Crippen LogP) is -4.07. The van der Waals surface area contributed by atoms with Crippen molar-refractivity contribution >= 4 is 19.7 Å². The van der Waals surface area contributed by atoms with Crippen LogP contribution in [-0.2, 0) is 8.87 Å². The lowest BCUT2D eigenvalue weighted by Crippen LogP contribution is -3.00. The number of quaternary nitrogens is 1. The van der Waals surface area contributed by atoms with Crippen molar-refractivity contribution in [1.29, 1.82) is 0 Å². The van der Waals surface area contributed by atoms with Crippen LogP contribution in [0.4, 0.5) is 0 Å². The summed E-state index contributed by atoms with van der Waals surface area (Å²) in [5.41, 5.74) is 3.50. The van der Waals surface area contributed by atoms with Gasteiger partial charge < -0.3 is 18.1 Å². The number of hydrogen-bond donors (Lipinski definition) is 1. The largest absolute Gasteiger partial charge is 1.00 e. The predicted molar refractivity (Wildman–Crippen MR) is 35.1 cm³/mol. The van der Waals surface area contributed by atoms with Gasteiger partial charge in [0.15, 0.2) is 8.87 Å². The second kappa shape index (κ2) is 5.34. The summed E-state index contributed by atoms with van der Waals surface area (Å²) in [4.78, 5) is 0. The van der Waals surface area contributed by atoms with Crippen LogP contribution in [0.15, 0.2) is 0 Å². The van der Waals surface area contributed by atoms with Gasteiger partial charge in [0, 0.05) is 6.26 Å². The van der Waals surface area contributed by atoms with Crippen molar-refractivity contribution in [3.8, 4) is 0 Å². The van der Waals surface area contributed by atoms with Crippen LogP contribution in [0.5, 0.6) is 0 Å². The molecule has 0 aliphatic rings. The van der Waals surface area contributed by atoms with Gasteiger partial charge in [0.1, 0.15) is 0 Å². The molecule has 3 nitrogen and oxygen atoms in total. The van der Waals surface area contributed by atoms with E-state index < -0.39 is 8.87 Å². The molecule has 0 unspecified atom stereocenters. The third-order valence-electron chi connectivity index (χ3n) is 0.442. The number of rotatable bonds is 3. The first-order valence-corrected chi connectivity index (χ1v) is 5.59. The second-order valence-electron chi connectivity index (χ2n) is 1.38. The maximum Gasteiger partial charge on any atom is 0.198 e. The lowest BCUT2D eigenvalue weighted by Gasteiger charge is -1.89. The highest BCUT2D eigenvalue weighted by molar-refractivity contribution is 8.71. The number of hydrogen-bond acceptors (Lipinski definition) is 3. The lowest BCUT2D eigenvalue weighted by molar-refractivity contribution is -0.360. The zero-order chi connectivity index (χ0) is 6.62. The lowest BCUT2D eigenvalue weighted by atomic mass is 10.8. The van der Waals surface area contributed by atoms with E-state index in [0.29, 0.717) is 12.3 Å². The highest BCUT2D eigenvalue weighted by Gasteiger charge is 1.99. The molecule has 0 bridgehead atoms. The van der Waals surface area contributed by atoms with E-state index in [1.807, 2.05) is 0 Å². The molecule has 0 fully saturated rings. The summed E-state index contributed by atoms with van der Waals surface area (Å²) in [6, 6.07) is 0. The van der Waals surface area contributed by atoms with Gasteiger partial charge in [0.05, 0.1) is 12.3 Å². The molecule has 0 saturated carbocycles. The van der Waals surface area contributed by atoms with E-state index in [1.165, 1.54) is 6.26 Å². The van der Waals surface area contributed by atoms with E-state index in [9.17, 15) is 8.42 Å². The Bertz CT molecular complexity index is 144. The Kier molecular flexibility index (Phi) is 7.27. The molecule has 9 heavy (non-hydrogen) atoms. The van der Waals surface area contributed by atoms with Crippen molar-refractivity contribution in [2.75, 3.05) is 18.6 Å². The SMILES string of the molecule is CS(=O)(=O)SCC[NH3+].[Cl-]. The Balaban J connectivity index is 0. The fourth-order valence-corrected chi connectivity index (χ4v) is 1.89. The molecule has 0 atom stereocenters. The molecular weight excluding hydrogens is 182 g/mol. The van der Waals surface area contributed by atoms with Gasteiger partial charge in [-0.1, -0.05) is 0 Å². The highest BCUT2D eigenvalue weighted by atomic mass is 35.5. The maximum absolute atomic E-state index is 10.3. The molecule has 0 amide bonds.